The third-order valence-electron chi connectivity index (χ3n) is 6.91. The molecule has 1 aliphatic heterocycles. The Morgan fingerprint density at radius 1 is 0.656 bits per heavy atom. The molecule has 32 heavy (non-hydrogen) atoms. The standard InChI is InChI=1S/C28H20FNO2/c29-19-11-13-20(14-12-19)30-27(31)25-21-15-16-22(26(25)28(30)32)24(21)23(17-7-3-1-4-8-17)18-9-5-2-6-10-18/h1-16,21-22,25-26H/t21-,22+,25-,26-/m1/s1. The van der Waals surface area contributed by atoms with Crippen LogP contribution < -0.4 is 4.90 Å². The maximum atomic E-state index is 13.5. The quantitative estimate of drug-likeness (QED) is 0.428. The van der Waals surface area contributed by atoms with Gasteiger partial charge < -0.3 is 0 Å². The molecular formula is C28H20FNO2. The fourth-order valence-electron chi connectivity index (χ4n) is 5.65. The summed E-state index contributed by atoms with van der Waals surface area (Å²) in [5.74, 6) is -1.86. The van der Waals surface area contributed by atoms with E-state index >= 15 is 0 Å². The monoisotopic (exact) mass is 421 g/mol. The lowest BCUT2D eigenvalue weighted by Crippen LogP contribution is -2.33. The zero-order valence-corrected chi connectivity index (χ0v) is 17.2. The Bertz CT molecular complexity index is 1200. The summed E-state index contributed by atoms with van der Waals surface area (Å²) in [6, 6.07) is 25.9. The van der Waals surface area contributed by atoms with E-state index in [1.165, 1.54) is 29.2 Å². The van der Waals surface area contributed by atoms with E-state index in [-0.39, 0.29) is 23.7 Å². The lowest BCUT2D eigenvalue weighted by molar-refractivity contribution is -0.122. The van der Waals surface area contributed by atoms with Gasteiger partial charge in [-0.1, -0.05) is 72.8 Å². The number of imide groups is 1. The molecule has 1 saturated carbocycles. The summed E-state index contributed by atoms with van der Waals surface area (Å²) in [4.78, 5) is 28.2. The minimum atomic E-state index is -0.417. The number of nitrogens with zero attached hydrogens (tertiary/aromatic N) is 1. The highest BCUT2D eigenvalue weighted by Gasteiger charge is 2.62. The van der Waals surface area contributed by atoms with Crippen molar-refractivity contribution in [1.29, 1.82) is 0 Å². The SMILES string of the molecule is O=C1[C@H]2[C@H](C(=O)N1c1ccc(F)cc1)[C@H]1C=C[C@@H]2C1=C(c1ccccc1)c1ccccc1. The molecule has 2 aliphatic carbocycles. The van der Waals surface area contributed by atoms with Gasteiger partial charge in [0.2, 0.25) is 11.8 Å². The second-order valence-electron chi connectivity index (χ2n) is 8.54. The topological polar surface area (TPSA) is 37.4 Å². The zero-order chi connectivity index (χ0) is 21.8. The number of rotatable bonds is 3. The fourth-order valence-corrected chi connectivity index (χ4v) is 5.65. The molecule has 2 bridgehead atoms. The number of carbonyl (C=O) groups is 2. The van der Waals surface area contributed by atoms with Crippen molar-refractivity contribution in [2.75, 3.05) is 4.90 Å². The van der Waals surface area contributed by atoms with Gasteiger partial charge >= 0.3 is 0 Å². The summed E-state index contributed by atoms with van der Waals surface area (Å²) in [7, 11) is 0. The highest BCUT2D eigenvalue weighted by Crippen LogP contribution is 2.58. The molecule has 3 nitrogen and oxygen atoms in total. The van der Waals surface area contributed by atoms with E-state index in [1.807, 2.05) is 36.4 Å². The summed E-state index contributed by atoms with van der Waals surface area (Å²) in [5.41, 5.74) is 4.87. The Kier molecular flexibility index (Phi) is 4.22. The first-order chi connectivity index (χ1) is 15.6. The van der Waals surface area contributed by atoms with Crippen LogP contribution in [-0.2, 0) is 9.59 Å². The van der Waals surface area contributed by atoms with Crippen molar-refractivity contribution in [3.8, 4) is 0 Å². The van der Waals surface area contributed by atoms with Crippen molar-refractivity contribution in [2.24, 2.45) is 23.7 Å². The molecule has 6 rings (SSSR count). The third kappa shape index (κ3) is 2.65. The Labute approximate surface area is 185 Å². The predicted octanol–water partition coefficient (Wildman–Crippen LogP) is 5.25. The van der Waals surface area contributed by atoms with E-state index in [4.69, 9.17) is 0 Å². The van der Waals surface area contributed by atoms with E-state index in [0.717, 1.165) is 22.3 Å². The van der Waals surface area contributed by atoms with Crippen LogP contribution >= 0.6 is 0 Å². The molecule has 2 amide bonds. The second kappa shape index (κ2) is 7.13. The molecule has 2 fully saturated rings. The average molecular weight is 421 g/mol. The van der Waals surface area contributed by atoms with Gasteiger partial charge in [0.25, 0.3) is 0 Å². The molecule has 4 atom stereocenters. The fraction of sp³-hybridized carbons (Fsp3) is 0.143. The molecule has 156 valence electrons. The summed E-state index contributed by atoms with van der Waals surface area (Å²) in [6.45, 7) is 0. The van der Waals surface area contributed by atoms with Crippen LogP contribution in [0.5, 0.6) is 0 Å². The summed E-state index contributed by atoms with van der Waals surface area (Å²) in [5, 5.41) is 0. The van der Waals surface area contributed by atoms with Crippen LogP contribution in [-0.4, -0.2) is 11.8 Å². The Hall–Kier alpha value is -3.79. The van der Waals surface area contributed by atoms with Crippen LogP contribution in [0.25, 0.3) is 5.57 Å². The van der Waals surface area contributed by atoms with Crippen molar-refractivity contribution in [1.82, 2.24) is 0 Å². The van der Waals surface area contributed by atoms with Gasteiger partial charge in [-0.2, -0.15) is 0 Å². The van der Waals surface area contributed by atoms with Crippen LogP contribution in [0, 0.1) is 29.5 Å². The maximum Gasteiger partial charge on any atom is 0.238 e. The molecule has 1 saturated heterocycles. The van der Waals surface area contributed by atoms with Crippen LogP contribution in [0.2, 0.25) is 0 Å². The van der Waals surface area contributed by atoms with Gasteiger partial charge in [-0.05, 0) is 46.5 Å². The number of carbonyl (C=O) groups excluding carboxylic acids is 2. The molecule has 0 N–H and O–H groups in total. The number of allylic oxidation sites excluding steroid dienone is 3. The summed E-state index contributed by atoms with van der Waals surface area (Å²) in [6.07, 6.45) is 4.18. The van der Waals surface area contributed by atoms with E-state index in [0.29, 0.717) is 5.69 Å². The first-order valence-corrected chi connectivity index (χ1v) is 10.8. The molecule has 1 heterocycles. The van der Waals surface area contributed by atoms with Crippen molar-refractivity contribution < 1.29 is 14.0 Å². The first kappa shape index (κ1) is 18.9. The lowest BCUT2D eigenvalue weighted by atomic mass is 9.85. The van der Waals surface area contributed by atoms with Crippen molar-refractivity contribution in [3.05, 3.63) is 120 Å². The largest absolute Gasteiger partial charge is 0.274 e. The Balaban J connectivity index is 1.48. The first-order valence-electron chi connectivity index (χ1n) is 10.8. The minimum Gasteiger partial charge on any atom is -0.274 e. The summed E-state index contributed by atoms with van der Waals surface area (Å²) < 4.78 is 13.4. The van der Waals surface area contributed by atoms with Gasteiger partial charge in [0.15, 0.2) is 0 Å². The number of fused-ring (bicyclic) bond motifs is 5. The van der Waals surface area contributed by atoms with Gasteiger partial charge in [0.1, 0.15) is 5.82 Å². The van der Waals surface area contributed by atoms with E-state index < -0.39 is 17.7 Å². The molecule has 3 aromatic rings. The lowest BCUT2D eigenvalue weighted by Gasteiger charge is -2.21. The predicted molar refractivity (Wildman–Crippen MR) is 121 cm³/mol. The van der Waals surface area contributed by atoms with Crippen LogP contribution in [0.15, 0.2) is 103 Å². The number of anilines is 1. The van der Waals surface area contributed by atoms with Crippen molar-refractivity contribution >= 4 is 23.1 Å². The van der Waals surface area contributed by atoms with E-state index in [1.54, 1.807) is 0 Å². The molecular weight excluding hydrogens is 401 g/mol. The van der Waals surface area contributed by atoms with E-state index in [9.17, 15) is 14.0 Å². The van der Waals surface area contributed by atoms with Gasteiger partial charge in [0, 0.05) is 11.8 Å². The number of halogens is 1. The maximum absolute atomic E-state index is 13.5. The van der Waals surface area contributed by atoms with Gasteiger partial charge in [-0.15, -0.1) is 0 Å². The average Bonchev–Trinajstić information content (AvgIpc) is 3.46. The Morgan fingerprint density at radius 3 is 1.59 bits per heavy atom. The molecule has 0 aromatic heterocycles. The normalized spacial score (nSPS) is 25.5. The Morgan fingerprint density at radius 2 is 1.12 bits per heavy atom. The third-order valence-corrected chi connectivity index (χ3v) is 6.91. The van der Waals surface area contributed by atoms with Crippen LogP contribution in [0.4, 0.5) is 10.1 Å². The number of amides is 2. The van der Waals surface area contributed by atoms with Crippen molar-refractivity contribution in [2.45, 2.75) is 0 Å². The molecule has 0 radical (unpaired) electrons. The van der Waals surface area contributed by atoms with Gasteiger partial charge in [-0.3, -0.25) is 9.59 Å². The van der Waals surface area contributed by atoms with Crippen molar-refractivity contribution in [3.63, 3.8) is 0 Å². The second-order valence-corrected chi connectivity index (χ2v) is 8.54. The number of benzene rings is 3. The molecule has 0 spiro atoms. The van der Waals surface area contributed by atoms with Crippen LogP contribution in [0.1, 0.15) is 11.1 Å². The highest BCUT2D eigenvalue weighted by molar-refractivity contribution is 6.23. The number of hydrogen-bond acceptors (Lipinski definition) is 2. The minimum absolute atomic E-state index is 0.123. The van der Waals surface area contributed by atoms with Gasteiger partial charge in [0.05, 0.1) is 17.5 Å². The smallest absolute Gasteiger partial charge is 0.238 e. The van der Waals surface area contributed by atoms with Crippen LogP contribution in [0.3, 0.4) is 0 Å². The summed E-state index contributed by atoms with van der Waals surface area (Å²) >= 11 is 0. The highest BCUT2D eigenvalue weighted by atomic mass is 19.1. The molecule has 0 unspecified atom stereocenters. The molecule has 3 aliphatic rings. The van der Waals surface area contributed by atoms with Gasteiger partial charge in [-0.25, -0.2) is 9.29 Å². The molecule has 3 aromatic carbocycles. The molecule has 4 heteroatoms. The zero-order valence-electron chi connectivity index (χ0n) is 17.2. The van der Waals surface area contributed by atoms with E-state index in [2.05, 4.69) is 36.4 Å². The number of hydrogen-bond donors (Lipinski definition) is 0.